The Kier molecular flexibility index (Phi) is 3.57. The third-order valence-corrected chi connectivity index (χ3v) is 3.96. The number of aromatic nitrogens is 3. The van der Waals surface area contributed by atoms with E-state index in [2.05, 4.69) is 10.1 Å². The Morgan fingerprint density at radius 1 is 1.33 bits per heavy atom. The summed E-state index contributed by atoms with van der Waals surface area (Å²) in [7, 11) is 0. The standard InChI is InChI=1S/C18H14FN3O2/c19-13-7-5-12(6-8-13)10-22-11-20-18(21-22)17-9-15(23)14-3-1-2-4-16(14)24-17/h1-5,7-9,11-12H,6,10H2. The summed E-state index contributed by atoms with van der Waals surface area (Å²) in [5.41, 5.74) is 0.381. The lowest BCUT2D eigenvalue weighted by Crippen LogP contribution is -2.10. The van der Waals surface area contributed by atoms with E-state index < -0.39 is 0 Å². The summed E-state index contributed by atoms with van der Waals surface area (Å²) in [6.07, 6.45) is 7.07. The van der Waals surface area contributed by atoms with E-state index in [1.165, 1.54) is 12.1 Å². The summed E-state index contributed by atoms with van der Waals surface area (Å²) < 4.78 is 20.4. The van der Waals surface area contributed by atoms with Crippen molar-refractivity contribution in [2.45, 2.75) is 13.0 Å². The molecule has 0 bridgehead atoms. The largest absolute Gasteiger partial charge is 0.452 e. The summed E-state index contributed by atoms with van der Waals surface area (Å²) in [6.45, 7) is 0.588. The van der Waals surface area contributed by atoms with Crippen LogP contribution in [0.1, 0.15) is 6.42 Å². The van der Waals surface area contributed by atoms with Gasteiger partial charge in [-0.1, -0.05) is 18.2 Å². The zero-order valence-corrected chi connectivity index (χ0v) is 12.7. The van der Waals surface area contributed by atoms with Gasteiger partial charge in [0.2, 0.25) is 5.82 Å². The topological polar surface area (TPSA) is 60.9 Å². The lowest BCUT2D eigenvalue weighted by molar-refractivity contribution is 0.480. The molecule has 0 radical (unpaired) electrons. The van der Waals surface area contributed by atoms with Gasteiger partial charge in [-0.05, 0) is 30.7 Å². The maximum Gasteiger partial charge on any atom is 0.217 e. The van der Waals surface area contributed by atoms with Gasteiger partial charge in [-0.2, -0.15) is 0 Å². The number of nitrogens with zero attached hydrogens (tertiary/aromatic N) is 3. The first-order valence-corrected chi connectivity index (χ1v) is 7.65. The van der Waals surface area contributed by atoms with E-state index in [1.54, 1.807) is 35.3 Å². The van der Waals surface area contributed by atoms with E-state index in [4.69, 9.17) is 4.42 Å². The van der Waals surface area contributed by atoms with Crippen LogP contribution < -0.4 is 5.43 Å². The predicted octanol–water partition coefficient (Wildman–Crippen LogP) is 3.48. The van der Waals surface area contributed by atoms with Crippen molar-refractivity contribution in [2.75, 3.05) is 0 Å². The minimum absolute atomic E-state index is 0.126. The Bertz CT molecular complexity index is 1020. The van der Waals surface area contributed by atoms with Gasteiger partial charge in [-0.3, -0.25) is 9.48 Å². The number of allylic oxidation sites excluding steroid dienone is 4. The molecule has 4 rings (SSSR count). The molecule has 0 N–H and O–H groups in total. The van der Waals surface area contributed by atoms with Crippen molar-refractivity contribution in [3.63, 3.8) is 0 Å². The molecule has 0 saturated heterocycles. The summed E-state index contributed by atoms with van der Waals surface area (Å²) in [5, 5.41) is 4.90. The molecule has 2 heterocycles. The minimum Gasteiger partial charge on any atom is -0.452 e. The van der Waals surface area contributed by atoms with Gasteiger partial charge in [-0.15, -0.1) is 5.10 Å². The molecule has 24 heavy (non-hydrogen) atoms. The molecule has 0 aliphatic heterocycles. The minimum atomic E-state index is -0.205. The van der Waals surface area contributed by atoms with Crippen molar-refractivity contribution < 1.29 is 8.81 Å². The smallest absolute Gasteiger partial charge is 0.217 e. The molecular formula is C18H14FN3O2. The third kappa shape index (κ3) is 2.78. The summed E-state index contributed by atoms with van der Waals surface area (Å²) >= 11 is 0. The maximum atomic E-state index is 13.0. The average Bonchev–Trinajstić information content (AvgIpc) is 3.05. The molecule has 1 unspecified atom stereocenters. The Labute approximate surface area is 136 Å². The predicted molar refractivity (Wildman–Crippen MR) is 87.9 cm³/mol. The summed E-state index contributed by atoms with van der Waals surface area (Å²) in [5.74, 6) is 0.660. The van der Waals surface area contributed by atoms with Crippen molar-refractivity contribution in [3.05, 3.63) is 70.9 Å². The van der Waals surface area contributed by atoms with E-state index in [9.17, 15) is 9.18 Å². The molecule has 5 nitrogen and oxygen atoms in total. The highest BCUT2D eigenvalue weighted by Gasteiger charge is 2.14. The molecule has 0 spiro atoms. The summed E-state index contributed by atoms with van der Waals surface area (Å²) in [6, 6.07) is 8.47. The lowest BCUT2D eigenvalue weighted by atomic mass is 10.0. The van der Waals surface area contributed by atoms with Crippen LogP contribution in [0.3, 0.4) is 0 Å². The van der Waals surface area contributed by atoms with Crippen LogP contribution in [0, 0.1) is 5.92 Å². The fourth-order valence-corrected chi connectivity index (χ4v) is 2.72. The zero-order chi connectivity index (χ0) is 16.5. The van der Waals surface area contributed by atoms with Crippen LogP contribution in [0.15, 0.2) is 69.9 Å². The molecule has 120 valence electrons. The fraction of sp³-hybridized carbons (Fsp3) is 0.167. The first-order chi connectivity index (χ1) is 11.7. The van der Waals surface area contributed by atoms with E-state index in [-0.39, 0.29) is 17.2 Å². The molecule has 3 aromatic rings. The molecule has 2 aromatic heterocycles. The summed E-state index contributed by atoms with van der Waals surface area (Å²) in [4.78, 5) is 16.4. The number of halogens is 1. The normalized spacial score (nSPS) is 17.2. The molecule has 1 aromatic carbocycles. The van der Waals surface area contributed by atoms with Crippen molar-refractivity contribution in [2.24, 2.45) is 5.92 Å². The molecule has 0 saturated carbocycles. The Balaban J connectivity index is 1.61. The van der Waals surface area contributed by atoms with Crippen LogP contribution in [0.4, 0.5) is 4.39 Å². The van der Waals surface area contributed by atoms with Gasteiger partial charge >= 0.3 is 0 Å². The van der Waals surface area contributed by atoms with Gasteiger partial charge in [0.15, 0.2) is 11.2 Å². The Morgan fingerprint density at radius 2 is 2.21 bits per heavy atom. The van der Waals surface area contributed by atoms with Crippen LogP contribution in [0.5, 0.6) is 0 Å². The van der Waals surface area contributed by atoms with Crippen LogP contribution >= 0.6 is 0 Å². The Morgan fingerprint density at radius 3 is 3.04 bits per heavy atom. The van der Waals surface area contributed by atoms with E-state index in [1.807, 2.05) is 12.1 Å². The molecule has 1 aliphatic carbocycles. The van der Waals surface area contributed by atoms with Gasteiger partial charge in [-0.25, -0.2) is 9.37 Å². The van der Waals surface area contributed by atoms with Crippen LogP contribution in [-0.2, 0) is 6.54 Å². The zero-order valence-electron chi connectivity index (χ0n) is 12.7. The van der Waals surface area contributed by atoms with Crippen molar-refractivity contribution in [1.82, 2.24) is 14.8 Å². The fourth-order valence-electron chi connectivity index (χ4n) is 2.72. The van der Waals surface area contributed by atoms with Gasteiger partial charge in [0.1, 0.15) is 17.7 Å². The van der Waals surface area contributed by atoms with E-state index >= 15 is 0 Å². The average molecular weight is 323 g/mol. The molecule has 1 aliphatic rings. The number of para-hydroxylation sites is 1. The van der Waals surface area contributed by atoms with Crippen molar-refractivity contribution >= 4 is 11.0 Å². The quantitative estimate of drug-likeness (QED) is 0.740. The lowest BCUT2D eigenvalue weighted by Gasteiger charge is -2.12. The van der Waals surface area contributed by atoms with Crippen molar-refractivity contribution in [1.29, 1.82) is 0 Å². The van der Waals surface area contributed by atoms with Gasteiger partial charge < -0.3 is 4.42 Å². The number of benzene rings is 1. The highest BCUT2D eigenvalue weighted by molar-refractivity contribution is 5.77. The molecule has 0 fully saturated rings. The molecular weight excluding hydrogens is 309 g/mol. The highest BCUT2D eigenvalue weighted by Crippen LogP contribution is 2.21. The third-order valence-electron chi connectivity index (χ3n) is 3.96. The van der Waals surface area contributed by atoms with Crippen molar-refractivity contribution in [3.8, 4) is 11.6 Å². The molecule has 1 atom stereocenters. The molecule has 0 amide bonds. The number of hydrogen-bond acceptors (Lipinski definition) is 4. The monoisotopic (exact) mass is 323 g/mol. The van der Waals surface area contributed by atoms with Crippen LogP contribution in [0.2, 0.25) is 0 Å². The molecule has 6 heteroatoms. The Hall–Kier alpha value is -3.02. The van der Waals surface area contributed by atoms with E-state index in [0.717, 1.165) is 0 Å². The van der Waals surface area contributed by atoms with Gasteiger partial charge in [0.05, 0.1) is 5.39 Å². The van der Waals surface area contributed by atoms with E-state index in [0.29, 0.717) is 35.5 Å². The number of hydrogen-bond donors (Lipinski definition) is 0. The number of fused-ring (bicyclic) bond motifs is 1. The second-order valence-corrected chi connectivity index (χ2v) is 5.71. The van der Waals surface area contributed by atoms with Gasteiger partial charge in [0.25, 0.3) is 0 Å². The SMILES string of the molecule is O=c1cc(-c2ncn(CC3C=CC(F)=CC3)n2)oc2ccccc12. The first-order valence-electron chi connectivity index (χ1n) is 7.65. The van der Waals surface area contributed by atoms with Crippen LogP contribution in [0.25, 0.3) is 22.6 Å². The van der Waals surface area contributed by atoms with Gasteiger partial charge in [0, 0.05) is 18.5 Å². The first kappa shape index (κ1) is 14.6. The van der Waals surface area contributed by atoms with Crippen LogP contribution in [-0.4, -0.2) is 14.8 Å². The highest BCUT2D eigenvalue weighted by atomic mass is 19.1. The second-order valence-electron chi connectivity index (χ2n) is 5.71. The maximum absolute atomic E-state index is 13.0. The number of rotatable bonds is 3. The second kappa shape index (κ2) is 5.88.